The molecular formula is C28H36ClFN4O3Si. The fraction of sp³-hybridized carbons (Fsp3) is 0.464. The molecular weight excluding hydrogens is 523 g/mol. The summed E-state index contributed by atoms with van der Waals surface area (Å²) in [7, 11) is -2.11. The Morgan fingerprint density at radius 1 is 1.26 bits per heavy atom. The van der Waals surface area contributed by atoms with Crippen LogP contribution in [0.4, 0.5) is 10.3 Å². The van der Waals surface area contributed by atoms with E-state index in [1.807, 2.05) is 24.3 Å². The van der Waals surface area contributed by atoms with Gasteiger partial charge in [0, 0.05) is 48.2 Å². The Morgan fingerprint density at radius 3 is 2.74 bits per heavy atom. The third-order valence-electron chi connectivity index (χ3n) is 7.49. The molecule has 10 heteroatoms. The Balaban J connectivity index is 1.81. The van der Waals surface area contributed by atoms with Crippen LogP contribution in [0.3, 0.4) is 0 Å². The van der Waals surface area contributed by atoms with Gasteiger partial charge in [-0.15, -0.1) is 0 Å². The molecule has 0 radical (unpaired) electrons. The van der Waals surface area contributed by atoms with Gasteiger partial charge in [-0.1, -0.05) is 50.6 Å². The number of aromatic nitrogens is 3. The molecule has 1 aliphatic heterocycles. The normalized spacial score (nSPS) is 19.2. The van der Waals surface area contributed by atoms with E-state index in [1.165, 1.54) is 10.6 Å². The summed E-state index contributed by atoms with van der Waals surface area (Å²) < 4.78 is 27.9. The largest absolute Gasteiger partial charge is 0.416 e. The number of nitrogens with zero attached hydrogens (tertiary/aromatic N) is 3. The van der Waals surface area contributed by atoms with Crippen LogP contribution in [0.5, 0.6) is 0 Å². The van der Waals surface area contributed by atoms with Gasteiger partial charge in [0.25, 0.3) is 5.56 Å². The van der Waals surface area contributed by atoms with Crippen LogP contribution in [0.25, 0.3) is 5.82 Å². The maximum Gasteiger partial charge on any atom is 0.256 e. The molecule has 38 heavy (non-hydrogen) atoms. The molecule has 4 rings (SSSR count). The highest BCUT2D eigenvalue weighted by atomic mass is 35.5. The molecule has 1 aromatic carbocycles. The van der Waals surface area contributed by atoms with Gasteiger partial charge < -0.3 is 14.5 Å². The first-order valence-corrected chi connectivity index (χ1v) is 16.2. The van der Waals surface area contributed by atoms with Gasteiger partial charge in [0.2, 0.25) is 5.95 Å². The van der Waals surface area contributed by atoms with Crippen LogP contribution >= 0.6 is 11.6 Å². The molecule has 0 amide bonds. The van der Waals surface area contributed by atoms with E-state index in [4.69, 9.17) is 25.7 Å². The molecule has 1 saturated heterocycles. The highest BCUT2D eigenvalue weighted by molar-refractivity contribution is 6.74. The van der Waals surface area contributed by atoms with Crippen molar-refractivity contribution in [2.24, 2.45) is 0 Å². The van der Waals surface area contributed by atoms with E-state index >= 15 is 0 Å². The monoisotopic (exact) mass is 558 g/mol. The van der Waals surface area contributed by atoms with E-state index < -0.39 is 20.5 Å². The van der Waals surface area contributed by atoms with Crippen LogP contribution in [-0.4, -0.2) is 54.9 Å². The second-order valence-electron chi connectivity index (χ2n) is 11.2. The van der Waals surface area contributed by atoms with Gasteiger partial charge in [-0.3, -0.25) is 9.36 Å². The number of nitrogens with one attached hydrogen (secondary N) is 1. The molecule has 0 saturated carbocycles. The number of alkyl halides is 1. The number of hydrogen-bond acceptors (Lipinski definition) is 6. The van der Waals surface area contributed by atoms with Crippen molar-refractivity contribution in [1.29, 1.82) is 0 Å². The van der Waals surface area contributed by atoms with Crippen LogP contribution in [0.2, 0.25) is 23.2 Å². The van der Waals surface area contributed by atoms with Gasteiger partial charge in [-0.25, -0.2) is 9.37 Å². The van der Waals surface area contributed by atoms with Crippen molar-refractivity contribution in [2.75, 3.05) is 25.1 Å². The average molecular weight is 559 g/mol. The number of rotatable bonds is 8. The molecule has 1 fully saturated rings. The van der Waals surface area contributed by atoms with E-state index in [0.29, 0.717) is 36.0 Å². The Labute approximate surface area is 229 Å². The lowest BCUT2D eigenvalue weighted by Gasteiger charge is -2.37. The number of benzene rings is 1. The summed E-state index contributed by atoms with van der Waals surface area (Å²) in [5.74, 6) is 0.375. The summed E-state index contributed by atoms with van der Waals surface area (Å²) in [6.45, 7) is 11.9. The van der Waals surface area contributed by atoms with Gasteiger partial charge in [0.05, 0.1) is 12.6 Å². The van der Waals surface area contributed by atoms with Crippen molar-refractivity contribution < 1.29 is 13.6 Å². The van der Waals surface area contributed by atoms with E-state index in [-0.39, 0.29) is 29.1 Å². The first-order valence-electron chi connectivity index (χ1n) is 12.9. The van der Waals surface area contributed by atoms with Crippen LogP contribution in [0, 0.1) is 0 Å². The number of halogens is 2. The van der Waals surface area contributed by atoms with Crippen LogP contribution in [0.1, 0.15) is 44.2 Å². The number of hydrogen-bond donors (Lipinski definition) is 1. The second kappa shape index (κ2) is 11.7. The minimum atomic E-state index is -2.11. The lowest BCUT2D eigenvalue weighted by atomic mass is 9.93. The molecule has 3 heterocycles. The summed E-state index contributed by atoms with van der Waals surface area (Å²) in [6, 6.07) is 12.1. The van der Waals surface area contributed by atoms with Gasteiger partial charge in [-0.2, -0.15) is 4.98 Å². The van der Waals surface area contributed by atoms with Crippen molar-refractivity contribution in [1.82, 2.24) is 14.5 Å². The zero-order valence-corrected chi connectivity index (χ0v) is 24.3. The topological polar surface area (TPSA) is 78.3 Å². The highest BCUT2D eigenvalue weighted by Gasteiger charge is 2.38. The lowest BCUT2D eigenvalue weighted by molar-refractivity contribution is 0.0284. The molecule has 0 unspecified atom stereocenters. The third-order valence-corrected chi connectivity index (χ3v) is 12.2. The van der Waals surface area contributed by atoms with Gasteiger partial charge in [0.1, 0.15) is 12.0 Å². The molecule has 0 bridgehead atoms. The highest BCUT2D eigenvalue weighted by Crippen LogP contribution is 2.39. The van der Waals surface area contributed by atoms with Gasteiger partial charge in [-0.05, 0) is 48.3 Å². The Bertz CT molecular complexity index is 1310. The zero-order chi connectivity index (χ0) is 27.5. The Kier molecular flexibility index (Phi) is 8.71. The van der Waals surface area contributed by atoms with Crippen molar-refractivity contribution >= 4 is 25.9 Å². The van der Waals surface area contributed by atoms with Crippen molar-refractivity contribution in [3.8, 4) is 5.82 Å². The predicted molar refractivity (Wildman–Crippen MR) is 152 cm³/mol. The number of ether oxygens (including phenoxy) is 1. The van der Waals surface area contributed by atoms with E-state index in [2.05, 4.69) is 44.2 Å². The van der Waals surface area contributed by atoms with Crippen LogP contribution in [0.15, 0.2) is 59.7 Å². The lowest BCUT2D eigenvalue weighted by Crippen LogP contribution is -2.42. The Hall–Kier alpha value is -2.59. The van der Waals surface area contributed by atoms with Crippen molar-refractivity contribution in [2.45, 2.75) is 63.5 Å². The SMILES string of the molecule is CC(C)(C)[Si](C)(C)OC[C@@H](c1cccc(Cl)c1)c1cnc(N[C@H]2CCOC[C@H]2F)nc1-n1ccccc1=O. The third kappa shape index (κ3) is 6.51. The van der Waals surface area contributed by atoms with E-state index in [9.17, 15) is 9.18 Å². The van der Waals surface area contributed by atoms with Crippen LogP contribution < -0.4 is 10.9 Å². The fourth-order valence-electron chi connectivity index (χ4n) is 4.12. The molecule has 3 aromatic rings. The quantitative estimate of drug-likeness (QED) is 0.343. The molecule has 3 atom stereocenters. The molecule has 7 nitrogen and oxygen atoms in total. The minimum Gasteiger partial charge on any atom is -0.416 e. The smallest absolute Gasteiger partial charge is 0.256 e. The van der Waals surface area contributed by atoms with E-state index in [0.717, 1.165) is 5.56 Å². The first kappa shape index (κ1) is 28.4. The number of pyridine rings is 1. The number of anilines is 1. The van der Waals surface area contributed by atoms with Gasteiger partial charge in [0.15, 0.2) is 8.32 Å². The summed E-state index contributed by atoms with van der Waals surface area (Å²) in [6.07, 6.45) is 2.70. The summed E-state index contributed by atoms with van der Waals surface area (Å²) in [5, 5.41) is 3.73. The molecule has 1 aliphatic rings. The standard InChI is InChI=1S/C28H36ClFN4O3Si/c1-28(2,3)38(4,5)37-17-22(19-9-8-10-20(29)15-19)21-16-31-27(32-24-12-14-36-18-23(24)30)33-26(21)34-13-7-6-11-25(34)35/h6-11,13,15-16,22-24H,12,14,17-18H2,1-5H3,(H,31,32,33)/t22-,23+,24-/m0/s1. The predicted octanol–water partition coefficient (Wildman–Crippen LogP) is 5.97. The summed E-state index contributed by atoms with van der Waals surface area (Å²) in [5.41, 5.74) is 1.41. The Morgan fingerprint density at radius 2 is 2.05 bits per heavy atom. The van der Waals surface area contributed by atoms with Crippen molar-refractivity contribution in [3.05, 3.63) is 81.4 Å². The second-order valence-corrected chi connectivity index (χ2v) is 16.4. The molecule has 1 N–H and O–H groups in total. The first-order chi connectivity index (χ1) is 18.0. The maximum atomic E-state index is 14.5. The summed E-state index contributed by atoms with van der Waals surface area (Å²) >= 11 is 6.39. The molecule has 0 spiro atoms. The zero-order valence-electron chi connectivity index (χ0n) is 22.6. The summed E-state index contributed by atoms with van der Waals surface area (Å²) in [4.78, 5) is 22.3. The minimum absolute atomic E-state index is 0.0158. The van der Waals surface area contributed by atoms with Crippen molar-refractivity contribution in [3.63, 3.8) is 0 Å². The fourth-order valence-corrected chi connectivity index (χ4v) is 5.34. The van der Waals surface area contributed by atoms with E-state index in [1.54, 1.807) is 24.5 Å². The van der Waals surface area contributed by atoms with Gasteiger partial charge >= 0.3 is 0 Å². The molecule has 2 aromatic heterocycles. The molecule has 0 aliphatic carbocycles. The average Bonchev–Trinajstić information content (AvgIpc) is 2.86. The van der Waals surface area contributed by atoms with Crippen LogP contribution in [-0.2, 0) is 9.16 Å². The maximum absolute atomic E-state index is 14.5. The molecule has 204 valence electrons.